The molecule has 0 fully saturated rings. The summed E-state index contributed by atoms with van der Waals surface area (Å²) in [6, 6.07) is 4.67. The fraction of sp³-hybridized carbons (Fsp3) is 0.357. The molecule has 100 valence electrons. The normalized spacial score (nSPS) is 17.3. The highest BCUT2D eigenvalue weighted by atomic mass is 19.1. The Morgan fingerprint density at radius 3 is 3.21 bits per heavy atom. The van der Waals surface area contributed by atoms with E-state index in [1.54, 1.807) is 18.5 Å². The van der Waals surface area contributed by atoms with Crippen LogP contribution in [0, 0.1) is 5.82 Å². The molecule has 1 aliphatic heterocycles. The minimum Gasteiger partial charge on any atom is -0.488 e. The number of benzene rings is 1. The number of aromatic nitrogens is 2. The van der Waals surface area contributed by atoms with E-state index >= 15 is 0 Å². The molecule has 3 rings (SSSR count). The van der Waals surface area contributed by atoms with Crippen LogP contribution in [0.15, 0.2) is 30.7 Å². The van der Waals surface area contributed by atoms with Crippen LogP contribution in [-0.4, -0.2) is 22.2 Å². The molecular weight excluding hydrogens is 245 g/mol. The molecule has 0 amide bonds. The minimum absolute atomic E-state index is 0.0386. The third-order valence-electron chi connectivity index (χ3n) is 3.27. The highest BCUT2D eigenvalue weighted by Gasteiger charge is 2.23. The Morgan fingerprint density at radius 2 is 2.37 bits per heavy atom. The molecule has 1 unspecified atom stereocenters. The molecule has 2 aromatic rings. The van der Waals surface area contributed by atoms with Gasteiger partial charge in [-0.3, -0.25) is 0 Å². The van der Waals surface area contributed by atoms with Gasteiger partial charge in [-0.15, -0.1) is 0 Å². The lowest BCUT2D eigenvalue weighted by atomic mass is 10.1. The van der Waals surface area contributed by atoms with E-state index in [9.17, 15) is 4.39 Å². The van der Waals surface area contributed by atoms with Crippen LogP contribution in [0.3, 0.4) is 0 Å². The predicted octanol–water partition coefficient (Wildman–Crippen LogP) is 1.53. The highest BCUT2D eigenvalue weighted by molar-refractivity contribution is 5.37. The van der Waals surface area contributed by atoms with Gasteiger partial charge in [-0.2, -0.15) is 0 Å². The van der Waals surface area contributed by atoms with Crippen molar-refractivity contribution in [3.05, 3.63) is 47.8 Å². The zero-order valence-corrected chi connectivity index (χ0v) is 10.6. The molecule has 0 aliphatic carbocycles. The second-order valence-electron chi connectivity index (χ2n) is 4.80. The number of rotatable bonds is 4. The van der Waals surface area contributed by atoms with E-state index in [1.807, 2.05) is 10.8 Å². The summed E-state index contributed by atoms with van der Waals surface area (Å²) in [5.74, 6) is 0.574. The minimum atomic E-state index is -0.212. The lowest BCUT2D eigenvalue weighted by Gasteiger charge is -2.10. The van der Waals surface area contributed by atoms with E-state index in [4.69, 9.17) is 10.5 Å². The maximum Gasteiger partial charge on any atom is 0.123 e. The molecule has 1 atom stereocenters. The highest BCUT2D eigenvalue weighted by Crippen LogP contribution is 2.29. The van der Waals surface area contributed by atoms with E-state index in [0.717, 1.165) is 29.8 Å². The SMILES string of the molecule is NCCc1cn(CC2Cc3cc(F)ccc3O2)cn1. The maximum atomic E-state index is 13.1. The number of fused-ring (bicyclic) bond motifs is 1. The van der Waals surface area contributed by atoms with Crippen LogP contribution in [0.1, 0.15) is 11.3 Å². The first-order valence-corrected chi connectivity index (χ1v) is 6.40. The Labute approximate surface area is 111 Å². The van der Waals surface area contributed by atoms with Gasteiger partial charge in [0.25, 0.3) is 0 Å². The van der Waals surface area contributed by atoms with Gasteiger partial charge in [-0.1, -0.05) is 0 Å². The summed E-state index contributed by atoms with van der Waals surface area (Å²) in [5.41, 5.74) is 7.42. The number of halogens is 1. The second-order valence-corrected chi connectivity index (χ2v) is 4.80. The number of nitrogens with two attached hydrogens (primary N) is 1. The predicted molar refractivity (Wildman–Crippen MR) is 69.5 cm³/mol. The van der Waals surface area contributed by atoms with Crippen LogP contribution in [0.25, 0.3) is 0 Å². The largest absolute Gasteiger partial charge is 0.488 e. The van der Waals surface area contributed by atoms with Crippen LogP contribution in [-0.2, 0) is 19.4 Å². The molecule has 0 radical (unpaired) electrons. The van der Waals surface area contributed by atoms with Crippen LogP contribution < -0.4 is 10.5 Å². The first kappa shape index (κ1) is 12.2. The van der Waals surface area contributed by atoms with Crippen LogP contribution in [0.5, 0.6) is 5.75 Å². The molecule has 0 bridgehead atoms. The van der Waals surface area contributed by atoms with Crippen LogP contribution in [0.4, 0.5) is 4.39 Å². The molecule has 1 aromatic heterocycles. The molecule has 1 aromatic carbocycles. The average Bonchev–Trinajstić information content (AvgIpc) is 2.96. The van der Waals surface area contributed by atoms with E-state index in [0.29, 0.717) is 13.1 Å². The fourth-order valence-electron chi connectivity index (χ4n) is 2.41. The van der Waals surface area contributed by atoms with Gasteiger partial charge in [-0.05, 0) is 24.7 Å². The Bertz CT molecular complexity index is 582. The summed E-state index contributed by atoms with van der Waals surface area (Å²) in [5, 5.41) is 0. The zero-order valence-electron chi connectivity index (χ0n) is 10.6. The zero-order chi connectivity index (χ0) is 13.2. The van der Waals surface area contributed by atoms with Gasteiger partial charge in [0, 0.05) is 24.6 Å². The third kappa shape index (κ3) is 2.61. The molecule has 19 heavy (non-hydrogen) atoms. The number of hydrogen-bond acceptors (Lipinski definition) is 3. The van der Waals surface area contributed by atoms with Crippen molar-refractivity contribution in [3.63, 3.8) is 0 Å². The summed E-state index contributed by atoms with van der Waals surface area (Å²) in [6.07, 6.45) is 5.33. The van der Waals surface area contributed by atoms with Gasteiger partial charge in [0.2, 0.25) is 0 Å². The van der Waals surface area contributed by atoms with Crippen molar-refractivity contribution in [1.29, 1.82) is 0 Å². The summed E-state index contributed by atoms with van der Waals surface area (Å²) < 4.78 is 20.9. The van der Waals surface area contributed by atoms with Crippen LogP contribution >= 0.6 is 0 Å². The monoisotopic (exact) mass is 261 g/mol. The molecule has 0 saturated carbocycles. The molecule has 5 heteroatoms. The quantitative estimate of drug-likeness (QED) is 0.908. The second kappa shape index (κ2) is 5.01. The van der Waals surface area contributed by atoms with Crippen molar-refractivity contribution in [2.45, 2.75) is 25.5 Å². The Kier molecular flexibility index (Phi) is 3.21. The first-order chi connectivity index (χ1) is 9.24. The number of ether oxygens (including phenoxy) is 1. The lowest BCUT2D eigenvalue weighted by molar-refractivity contribution is 0.209. The molecule has 1 aliphatic rings. The van der Waals surface area contributed by atoms with Crippen molar-refractivity contribution in [2.75, 3.05) is 6.54 Å². The average molecular weight is 261 g/mol. The fourth-order valence-corrected chi connectivity index (χ4v) is 2.41. The topological polar surface area (TPSA) is 53.1 Å². The number of imidazole rings is 1. The van der Waals surface area contributed by atoms with E-state index < -0.39 is 0 Å². The summed E-state index contributed by atoms with van der Waals surface area (Å²) in [6.45, 7) is 1.32. The summed E-state index contributed by atoms with van der Waals surface area (Å²) >= 11 is 0. The summed E-state index contributed by atoms with van der Waals surface area (Å²) in [7, 11) is 0. The van der Waals surface area contributed by atoms with E-state index in [2.05, 4.69) is 4.98 Å². The molecule has 2 N–H and O–H groups in total. The van der Waals surface area contributed by atoms with Gasteiger partial charge >= 0.3 is 0 Å². The standard InChI is InChI=1S/C14H16FN3O/c15-11-1-2-14-10(5-11)6-13(19-14)8-18-7-12(3-4-16)17-9-18/h1-2,5,7,9,13H,3-4,6,8,16H2. The van der Waals surface area contributed by atoms with Gasteiger partial charge in [-0.25, -0.2) is 9.37 Å². The Hall–Kier alpha value is -1.88. The van der Waals surface area contributed by atoms with Gasteiger partial charge in [0.15, 0.2) is 0 Å². The van der Waals surface area contributed by atoms with Crippen molar-refractivity contribution >= 4 is 0 Å². The Morgan fingerprint density at radius 1 is 1.47 bits per heavy atom. The first-order valence-electron chi connectivity index (χ1n) is 6.40. The molecule has 0 spiro atoms. The Balaban J connectivity index is 1.66. The number of hydrogen-bond donors (Lipinski definition) is 1. The molecule has 0 saturated heterocycles. The lowest BCUT2D eigenvalue weighted by Crippen LogP contribution is -2.19. The van der Waals surface area contributed by atoms with Gasteiger partial charge < -0.3 is 15.0 Å². The van der Waals surface area contributed by atoms with Crippen molar-refractivity contribution < 1.29 is 9.13 Å². The third-order valence-corrected chi connectivity index (χ3v) is 3.27. The van der Waals surface area contributed by atoms with Crippen molar-refractivity contribution in [2.24, 2.45) is 5.73 Å². The van der Waals surface area contributed by atoms with E-state index in [-0.39, 0.29) is 11.9 Å². The smallest absolute Gasteiger partial charge is 0.123 e. The van der Waals surface area contributed by atoms with Crippen molar-refractivity contribution in [3.8, 4) is 5.75 Å². The van der Waals surface area contributed by atoms with Crippen LogP contribution in [0.2, 0.25) is 0 Å². The van der Waals surface area contributed by atoms with Gasteiger partial charge in [0.05, 0.1) is 18.6 Å². The molecule has 2 heterocycles. The molecular formula is C14H16FN3O. The van der Waals surface area contributed by atoms with Gasteiger partial charge in [0.1, 0.15) is 17.7 Å². The molecule has 4 nitrogen and oxygen atoms in total. The van der Waals surface area contributed by atoms with E-state index in [1.165, 1.54) is 6.07 Å². The maximum absolute atomic E-state index is 13.1. The number of nitrogens with zero attached hydrogens (tertiary/aromatic N) is 2. The summed E-state index contributed by atoms with van der Waals surface area (Å²) in [4.78, 5) is 4.28. The van der Waals surface area contributed by atoms with Crippen molar-refractivity contribution in [1.82, 2.24) is 9.55 Å².